The minimum atomic E-state index is -3.75. The number of sulfonamides is 1. The molecule has 3 heterocycles. The first-order valence-electron chi connectivity index (χ1n) is 11.0. The Morgan fingerprint density at radius 2 is 1.87 bits per heavy atom. The van der Waals surface area contributed by atoms with E-state index in [1.165, 1.54) is 0 Å². The Balaban J connectivity index is 1.53. The molecular formula is C23H31N3O4S. The van der Waals surface area contributed by atoms with Crippen LogP contribution in [0.15, 0.2) is 47.4 Å². The van der Waals surface area contributed by atoms with Gasteiger partial charge in [0, 0.05) is 38.2 Å². The second-order valence-corrected chi connectivity index (χ2v) is 10.1. The Labute approximate surface area is 184 Å². The van der Waals surface area contributed by atoms with Gasteiger partial charge in [0.1, 0.15) is 10.7 Å². The summed E-state index contributed by atoms with van der Waals surface area (Å²) in [6.45, 7) is 5.44. The summed E-state index contributed by atoms with van der Waals surface area (Å²) in [7, 11) is -3.75. The molecule has 1 aromatic heterocycles. The molecule has 1 aromatic carbocycles. The number of hydrogen-bond acceptors (Lipinski definition) is 6. The lowest BCUT2D eigenvalue weighted by Gasteiger charge is -2.33. The van der Waals surface area contributed by atoms with Crippen LogP contribution in [0.4, 0.5) is 5.82 Å². The Bertz CT molecular complexity index is 1020. The maximum Gasteiger partial charge on any atom is 0.244 e. The van der Waals surface area contributed by atoms with Gasteiger partial charge in [-0.3, -0.25) is 0 Å². The van der Waals surface area contributed by atoms with Gasteiger partial charge in [-0.05, 0) is 44.7 Å². The fraction of sp³-hybridized carbons (Fsp3) is 0.522. The zero-order valence-corrected chi connectivity index (χ0v) is 18.9. The van der Waals surface area contributed by atoms with Crippen molar-refractivity contribution in [3.8, 4) is 0 Å². The van der Waals surface area contributed by atoms with E-state index in [0.717, 1.165) is 49.7 Å². The van der Waals surface area contributed by atoms with Crippen molar-refractivity contribution in [2.45, 2.75) is 43.1 Å². The smallest absolute Gasteiger partial charge is 0.244 e. The summed E-state index contributed by atoms with van der Waals surface area (Å²) in [5.41, 5.74) is 0.544. The highest BCUT2D eigenvalue weighted by Gasteiger charge is 2.29. The van der Waals surface area contributed by atoms with Gasteiger partial charge in [-0.2, -0.15) is 0 Å². The number of pyridine rings is 1. The van der Waals surface area contributed by atoms with Gasteiger partial charge in [-0.1, -0.05) is 30.4 Å². The van der Waals surface area contributed by atoms with Crippen LogP contribution in [-0.4, -0.2) is 58.5 Å². The van der Waals surface area contributed by atoms with Crippen LogP contribution < -0.4 is 9.62 Å². The van der Waals surface area contributed by atoms with Gasteiger partial charge >= 0.3 is 0 Å². The summed E-state index contributed by atoms with van der Waals surface area (Å²) in [4.78, 5) is 7.05. The number of ether oxygens (including phenoxy) is 2. The van der Waals surface area contributed by atoms with Crippen molar-refractivity contribution >= 4 is 26.7 Å². The van der Waals surface area contributed by atoms with E-state index in [1.54, 1.807) is 6.07 Å². The number of aromatic nitrogens is 1. The molecule has 31 heavy (non-hydrogen) atoms. The molecule has 0 saturated carbocycles. The highest BCUT2D eigenvalue weighted by atomic mass is 32.2. The average molecular weight is 446 g/mol. The first-order chi connectivity index (χ1) is 15.0. The van der Waals surface area contributed by atoms with Crippen molar-refractivity contribution < 1.29 is 17.9 Å². The third-order valence-electron chi connectivity index (χ3n) is 5.95. The molecule has 1 N–H and O–H groups in total. The number of nitrogens with zero attached hydrogens (tertiary/aromatic N) is 2. The summed E-state index contributed by atoms with van der Waals surface area (Å²) < 4.78 is 40.7. The third-order valence-corrected chi connectivity index (χ3v) is 7.42. The van der Waals surface area contributed by atoms with Crippen molar-refractivity contribution in [3.63, 3.8) is 0 Å². The molecule has 8 heteroatoms. The Kier molecular flexibility index (Phi) is 6.91. The molecule has 0 amide bonds. The van der Waals surface area contributed by atoms with Crippen molar-refractivity contribution in [1.29, 1.82) is 0 Å². The van der Waals surface area contributed by atoms with Gasteiger partial charge in [0.15, 0.2) is 0 Å². The van der Waals surface area contributed by atoms with E-state index in [1.807, 2.05) is 24.3 Å². The number of fused-ring (bicyclic) bond motifs is 1. The van der Waals surface area contributed by atoms with Crippen LogP contribution in [0.2, 0.25) is 0 Å². The van der Waals surface area contributed by atoms with Gasteiger partial charge in [0.2, 0.25) is 10.0 Å². The number of anilines is 1. The molecule has 2 aliphatic rings. The maximum absolute atomic E-state index is 13.3. The van der Waals surface area contributed by atoms with E-state index in [9.17, 15) is 8.42 Å². The Morgan fingerprint density at radius 1 is 1.16 bits per heavy atom. The Hall–Kier alpha value is -2.00. The molecule has 0 aliphatic carbocycles. The normalized spacial score (nSPS) is 19.5. The van der Waals surface area contributed by atoms with Crippen LogP contribution in [0.3, 0.4) is 0 Å². The van der Waals surface area contributed by atoms with Crippen LogP contribution in [-0.2, 0) is 19.5 Å². The molecule has 0 spiro atoms. The lowest BCUT2D eigenvalue weighted by Crippen LogP contribution is -2.38. The van der Waals surface area contributed by atoms with Gasteiger partial charge in [-0.15, -0.1) is 0 Å². The topological polar surface area (TPSA) is 80.8 Å². The van der Waals surface area contributed by atoms with Crippen LogP contribution in [0.1, 0.15) is 32.6 Å². The monoisotopic (exact) mass is 445 g/mol. The fourth-order valence-electron chi connectivity index (χ4n) is 4.03. The standard InChI is InChI=1S/C23H31N3O4S/c1-23(10-15-29-16-11-23)30-17-12-24-31(27,28)21-18-19-8-4-5-9-20(19)25-22(21)26-13-6-2-3-7-14-26/h2-5,8-9,18,24H,6-7,10-17H2,1H3. The first kappa shape index (κ1) is 22.2. The van der Waals surface area contributed by atoms with Crippen molar-refractivity contribution in [2.75, 3.05) is 44.4 Å². The SMILES string of the molecule is CC1(OCCNS(=O)(=O)c2cc3ccccc3nc2N2CCC=CCC2)CCOCC1. The molecular weight excluding hydrogens is 414 g/mol. The van der Waals surface area contributed by atoms with E-state index in [0.29, 0.717) is 25.6 Å². The predicted molar refractivity (Wildman–Crippen MR) is 122 cm³/mol. The first-order valence-corrected chi connectivity index (χ1v) is 12.5. The van der Waals surface area contributed by atoms with Crippen molar-refractivity contribution in [1.82, 2.24) is 9.71 Å². The molecule has 1 fully saturated rings. The molecule has 0 bridgehead atoms. The van der Waals surface area contributed by atoms with Crippen LogP contribution >= 0.6 is 0 Å². The van der Waals surface area contributed by atoms with Crippen LogP contribution in [0, 0.1) is 0 Å². The molecule has 168 valence electrons. The van der Waals surface area contributed by atoms with Gasteiger partial charge < -0.3 is 14.4 Å². The Morgan fingerprint density at radius 3 is 2.61 bits per heavy atom. The van der Waals surface area contributed by atoms with Crippen molar-refractivity contribution in [2.24, 2.45) is 0 Å². The quantitative estimate of drug-likeness (QED) is 0.521. The molecule has 1 saturated heterocycles. The molecule has 7 nitrogen and oxygen atoms in total. The molecule has 4 rings (SSSR count). The summed E-state index contributed by atoms with van der Waals surface area (Å²) >= 11 is 0. The number of para-hydroxylation sites is 1. The fourth-order valence-corrected chi connectivity index (χ4v) is 5.23. The van der Waals surface area contributed by atoms with Crippen LogP contribution in [0.25, 0.3) is 10.9 Å². The average Bonchev–Trinajstić information content (AvgIpc) is 3.06. The zero-order valence-electron chi connectivity index (χ0n) is 18.0. The summed E-state index contributed by atoms with van der Waals surface area (Å²) in [6, 6.07) is 9.36. The van der Waals surface area contributed by atoms with Gasteiger partial charge in [0.25, 0.3) is 0 Å². The molecule has 2 aliphatic heterocycles. The minimum Gasteiger partial charge on any atom is -0.381 e. The van der Waals surface area contributed by atoms with Crippen molar-refractivity contribution in [3.05, 3.63) is 42.5 Å². The zero-order chi connectivity index (χ0) is 21.7. The highest BCUT2D eigenvalue weighted by molar-refractivity contribution is 7.89. The lowest BCUT2D eigenvalue weighted by molar-refractivity contribution is -0.0970. The van der Waals surface area contributed by atoms with E-state index in [2.05, 4.69) is 28.7 Å². The maximum atomic E-state index is 13.3. The van der Waals surface area contributed by atoms with Gasteiger partial charge in [0.05, 0.1) is 17.7 Å². The third kappa shape index (κ3) is 5.44. The van der Waals surface area contributed by atoms with E-state index < -0.39 is 10.0 Å². The largest absolute Gasteiger partial charge is 0.381 e. The van der Waals surface area contributed by atoms with Crippen LogP contribution in [0.5, 0.6) is 0 Å². The summed E-state index contributed by atoms with van der Waals surface area (Å²) in [5, 5.41) is 0.811. The number of hydrogen-bond donors (Lipinski definition) is 1. The molecule has 2 aromatic rings. The summed E-state index contributed by atoms with van der Waals surface area (Å²) in [5.74, 6) is 0.521. The predicted octanol–water partition coefficient (Wildman–Crippen LogP) is 3.26. The van der Waals surface area contributed by atoms with E-state index in [-0.39, 0.29) is 17.0 Å². The molecule has 0 atom stereocenters. The lowest BCUT2D eigenvalue weighted by atomic mass is 9.97. The number of nitrogens with one attached hydrogen (secondary N) is 1. The second-order valence-electron chi connectivity index (χ2n) is 8.35. The number of benzene rings is 1. The second kappa shape index (κ2) is 9.65. The number of rotatable bonds is 7. The van der Waals surface area contributed by atoms with E-state index >= 15 is 0 Å². The highest BCUT2D eigenvalue weighted by Crippen LogP contribution is 2.29. The molecule has 0 unspecified atom stereocenters. The van der Waals surface area contributed by atoms with E-state index in [4.69, 9.17) is 14.5 Å². The summed E-state index contributed by atoms with van der Waals surface area (Å²) in [6.07, 6.45) is 7.67. The minimum absolute atomic E-state index is 0.215. The van der Waals surface area contributed by atoms with Gasteiger partial charge in [-0.25, -0.2) is 18.1 Å². The molecule has 0 radical (unpaired) electrons.